The zero-order chi connectivity index (χ0) is 20.1. The number of aliphatic hydroxyl groups is 1. The molecule has 0 radical (unpaired) electrons. The van der Waals surface area contributed by atoms with Gasteiger partial charge < -0.3 is 24.6 Å². The number of ether oxygens (including phenoxy) is 3. The Bertz CT molecular complexity index is 603. The average Bonchev–Trinajstić information content (AvgIpc) is 2.65. The largest absolute Gasteiger partial charge is 0.491 e. The molecule has 1 amide bonds. The molecule has 0 aliphatic carbocycles. The van der Waals surface area contributed by atoms with Gasteiger partial charge in [0.25, 0.3) is 0 Å². The van der Waals surface area contributed by atoms with Gasteiger partial charge in [-0.25, -0.2) is 4.79 Å². The van der Waals surface area contributed by atoms with Gasteiger partial charge in [-0.2, -0.15) is 0 Å². The molecule has 0 aliphatic rings. The molecule has 0 aromatic heterocycles. The van der Waals surface area contributed by atoms with Crippen LogP contribution >= 0.6 is 0 Å². The summed E-state index contributed by atoms with van der Waals surface area (Å²) in [5, 5.41) is 15.5. The molecule has 2 atom stereocenters. The van der Waals surface area contributed by atoms with Gasteiger partial charge in [0.15, 0.2) is 0 Å². The number of nitrogens with one attached hydrogen (secondary N) is 2. The van der Waals surface area contributed by atoms with Crippen LogP contribution in [-0.2, 0) is 14.3 Å². The van der Waals surface area contributed by atoms with Crippen LogP contribution in [0.4, 0.5) is 4.79 Å². The van der Waals surface area contributed by atoms with E-state index in [1.165, 1.54) is 13.3 Å². The number of carbonyl (C=O) groups excluding carboxylic acids is 2. The van der Waals surface area contributed by atoms with Gasteiger partial charge in [0.1, 0.15) is 18.5 Å². The molecule has 150 valence electrons. The Hall–Kier alpha value is -2.58. The fraction of sp³-hybridized carbons (Fsp3) is 0.474. The van der Waals surface area contributed by atoms with Crippen molar-refractivity contribution < 1.29 is 28.9 Å². The lowest BCUT2D eigenvalue weighted by Crippen LogP contribution is -2.37. The minimum Gasteiger partial charge on any atom is -0.491 e. The molecule has 0 fully saturated rings. The third-order valence-electron chi connectivity index (χ3n) is 3.46. The molecule has 8 heteroatoms. The first-order valence-electron chi connectivity index (χ1n) is 8.75. The van der Waals surface area contributed by atoms with E-state index in [4.69, 9.17) is 9.47 Å². The van der Waals surface area contributed by atoms with Crippen molar-refractivity contribution in [3.8, 4) is 5.75 Å². The van der Waals surface area contributed by atoms with E-state index in [9.17, 15) is 14.7 Å². The summed E-state index contributed by atoms with van der Waals surface area (Å²) in [6, 6.07) is 7.07. The quantitative estimate of drug-likeness (QED) is 0.502. The molecule has 27 heavy (non-hydrogen) atoms. The van der Waals surface area contributed by atoms with Crippen LogP contribution in [0, 0.1) is 0 Å². The highest BCUT2D eigenvalue weighted by molar-refractivity contribution is 5.70. The Kier molecular flexibility index (Phi) is 10.6. The van der Waals surface area contributed by atoms with Crippen molar-refractivity contribution in [3.63, 3.8) is 0 Å². The number of hydrogen-bond acceptors (Lipinski definition) is 7. The molecule has 1 aromatic rings. The maximum atomic E-state index is 11.4. The topological polar surface area (TPSA) is 106 Å². The van der Waals surface area contributed by atoms with Crippen LogP contribution in [0.3, 0.4) is 0 Å². The lowest BCUT2D eigenvalue weighted by Gasteiger charge is -2.17. The smallest absolute Gasteiger partial charge is 0.410 e. The van der Waals surface area contributed by atoms with Crippen molar-refractivity contribution in [2.75, 3.05) is 26.9 Å². The zero-order valence-corrected chi connectivity index (χ0v) is 15.9. The monoisotopic (exact) mass is 380 g/mol. The van der Waals surface area contributed by atoms with Gasteiger partial charge in [-0.3, -0.25) is 10.1 Å². The lowest BCUT2D eigenvalue weighted by atomic mass is 10.2. The SMILES string of the molecule is CCOC(=O)CC(C)NCC(O)COc1ccc(/C=C/NC(=O)OC)cc1. The highest BCUT2D eigenvalue weighted by Crippen LogP contribution is 2.13. The minimum absolute atomic E-state index is 0.0941. The van der Waals surface area contributed by atoms with E-state index >= 15 is 0 Å². The lowest BCUT2D eigenvalue weighted by molar-refractivity contribution is -0.143. The number of alkyl carbamates (subject to hydrolysis) is 1. The third kappa shape index (κ3) is 10.2. The van der Waals surface area contributed by atoms with Gasteiger partial charge >= 0.3 is 12.1 Å². The second-order valence-electron chi connectivity index (χ2n) is 5.82. The van der Waals surface area contributed by atoms with E-state index in [2.05, 4.69) is 15.4 Å². The average molecular weight is 380 g/mol. The number of methoxy groups -OCH3 is 1. The minimum atomic E-state index is -0.710. The summed E-state index contributed by atoms with van der Waals surface area (Å²) in [7, 11) is 1.29. The van der Waals surface area contributed by atoms with Crippen molar-refractivity contribution >= 4 is 18.1 Å². The maximum Gasteiger partial charge on any atom is 0.410 e. The van der Waals surface area contributed by atoms with E-state index in [-0.39, 0.29) is 25.0 Å². The standard InChI is InChI=1S/C19H28N2O6/c1-4-26-18(23)11-14(2)21-12-16(22)13-27-17-7-5-15(6-8-17)9-10-20-19(24)25-3/h5-10,14,16,21-22H,4,11-13H2,1-3H3,(H,20,24)/b10-9+. The van der Waals surface area contributed by atoms with E-state index in [1.54, 1.807) is 25.1 Å². The highest BCUT2D eigenvalue weighted by Gasteiger charge is 2.12. The van der Waals surface area contributed by atoms with E-state index in [0.29, 0.717) is 18.9 Å². The molecule has 1 aromatic carbocycles. The Morgan fingerprint density at radius 1 is 1.26 bits per heavy atom. The molecule has 0 aliphatic heterocycles. The summed E-state index contributed by atoms with van der Waals surface area (Å²) in [5.41, 5.74) is 0.869. The predicted molar refractivity (Wildman–Crippen MR) is 101 cm³/mol. The van der Waals surface area contributed by atoms with Crippen LogP contribution < -0.4 is 15.4 Å². The van der Waals surface area contributed by atoms with Crippen molar-refractivity contribution in [2.45, 2.75) is 32.4 Å². The van der Waals surface area contributed by atoms with E-state index < -0.39 is 12.2 Å². The van der Waals surface area contributed by atoms with Crippen LogP contribution in [-0.4, -0.2) is 56.2 Å². The molecule has 1 rings (SSSR count). The number of esters is 1. The van der Waals surface area contributed by atoms with Crippen LogP contribution in [0.5, 0.6) is 5.75 Å². The first-order valence-corrected chi connectivity index (χ1v) is 8.75. The van der Waals surface area contributed by atoms with Crippen LogP contribution in [0.25, 0.3) is 6.08 Å². The summed E-state index contributed by atoms with van der Waals surface area (Å²) in [6.45, 7) is 4.40. The number of hydrogen-bond donors (Lipinski definition) is 3. The Morgan fingerprint density at radius 2 is 1.96 bits per heavy atom. The van der Waals surface area contributed by atoms with Crippen molar-refractivity contribution in [2.24, 2.45) is 0 Å². The highest BCUT2D eigenvalue weighted by atomic mass is 16.5. The molecule has 2 unspecified atom stereocenters. The summed E-state index contributed by atoms with van der Waals surface area (Å²) in [4.78, 5) is 22.3. The fourth-order valence-corrected chi connectivity index (χ4v) is 2.07. The van der Waals surface area contributed by atoms with Crippen LogP contribution in [0.15, 0.2) is 30.5 Å². The molecule has 0 spiro atoms. The van der Waals surface area contributed by atoms with Gasteiger partial charge in [-0.05, 0) is 37.6 Å². The molecular weight excluding hydrogens is 352 g/mol. The number of carbonyl (C=O) groups is 2. The number of aliphatic hydroxyl groups excluding tert-OH is 1. The Labute approximate surface area is 159 Å². The number of amides is 1. The first kappa shape index (κ1) is 22.5. The molecular formula is C19H28N2O6. The summed E-state index contributed by atoms with van der Waals surface area (Å²) >= 11 is 0. The van der Waals surface area contributed by atoms with E-state index in [1.807, 2.05) is 19.1 Å². The summed E-state index contributed by atoms with van der Waals surface area (Å²) in [5.74, 6) is 0.353. The Morgan fingerprint density at radius 3 is 2.59 bits per heavy atom. The molecule has 0 bridgehead atoms. The van der Waals surface area contributed by atoms with Gasteiger partial charge in [0, 0.05) is 18.8 Å². The second-order valence-corrected chi connectivity index (χ2v) is 5.82. The van der Waals surface area contributed by atoms with Crippen molar-refractivity contribution in [3.05, 3.63) is 36.0 Å². The molecule has 8 nitrogen and oxygen atoms in total. The van der Waals surface area contributed by atoms with Crippen LogP contribution in [0.1, 0.15) is 25.8 Å². The molecule has 0 saturated carbocycles. The van der Waals surface area contributed by atoms with Gasteiger partial charge in [0.2, 0.25) is 0 Å². The second kappa shape index (κ2) is 12.7. The van der Waals surface area contributed by atoms with Crippen molar-refractivity contribution in [1.29, 1.82) is 0 Å². The fourth-order valence-electron chi connectivity index (χ4n) is 2.07. The maximum absolute atomic E-state index is 11.4. The van der Waals surface area contributed by atoms with Crippen LogP contribution in [0.2, 0.25) is 0 Å². The van der Waals surface area contributed by atoms with Gasteiger partial charge in [-0.1, -0.05) is 12.1 Å². The summed E-state index contributed by atoms with van der Waals surface area (Å²) in [6.07, 6.45) is 2.20. The van der Waals surface area contributed by atoms with Gasteiger partial charge in [0.05, 0.1) is 20.1 Å². The van der Waals surface area contributed by atoms with E-state index in [0.717, 1.165) is 5.56 Å². The molecule has 0 saturated heterocycles. The number of benzene rings is 1. The first-order chi connectivity index (χ1) is 12.9. The zero-order valence-electron chi connectivity index (χ0n) is 15.9. The number of rotatable bonds is 11. The van der Waals surface area contributed by atoms with Gasteiger partial charge in [-0.15, -0.1) is 0 Å². The molecule has 0 heterocycles. The third-order valence-corrected chi connectivity index (χ3v) is 3.46. The van der Waals surface area contributed by atoms with Crippen molar-refractivity contribution in [1.82, 2.24) is 10.6 Å². The Balaban J connectivity index is 2.30. The normalized spacial score (nSPS) is 13.0. The molecule has 3 N–H and O–H groups in total. The predicted octanol–water partition coefficient (Wildman–Crippen LogP) is 1.68. The summed E-state index contributed by atoms with van der Waals surface area (Å²) < 4.78 is 14.9.